The Kier molecular flexibility index (Phi) is 8.30. The molecule has 0 aliphatic carbocycles. The molecule has 1 N–H and O–H groups in total. The first-order valence-corrected chi connectivity index (χ1v) is 9.14. The molecule has 134 valence electrons. The Morgan fingerprint density at radius 2 is 1.88 bits per heavy atom. The number of amides is 1. The van der Waals surface area contributed by atoms with Crippen LogP contribution in [0.15, 0.2) is 42.5 Å². The van der Waals surface area contributed by atoms with Gasteiger partial charge in [-0.2, -0.15) is 0 Å². The fraction of sp³-hybridized carbons (Fsp3) is 0.316. The second-order valence-electron chi connectivity index (χ2n) is 5.38. The highest BCUT2D eigenvalue weighted by Crippen LogP contribution is 2.13. The van der Waals surface area contributed by atoms with Crippen LogP contribution in [0.25, 0.3) is 0 Å². The van der Waals surface area contributed by atoms with Gasteiger partial charge in [0, 0.05) is 22.3 Å². The lowest BCUT2D eigenvalue weighted by Gasteiger charge is -2.09. The topological polar surface area (TPSA) is 47.6 Å². The molecule has 0 radical (unpaired) electrons. The summed E-state index contributed by atoms with van der Waals surface area (Å²) in [6.45, 7) is 4.63. The Bertz CT molecular complexity index is 709. The van der Waals surface area contributed by atoms with Gasteiger partial charge in [-0.1, -0.05) is 24.3 Å². The average molecular weight is 457 g/mol. The number of carbonyl (C=O) groups excluding carboxylic acids is 1. The van der Waals surface area contributed by atoms with Gasteiger partial charge in [-0.15, -0.1) is 0 Å². The smallest absolute Gasteiger partial charge is 0.251 e. The molecular formula is C19H21FINO3. The molecule has 2 aromatic carbocycles. The Morgan fingerprint density at radius 1 is 1.12 bits per heavy atom. The minimum absolute atomic E-state index is 0.298. The van der Waals surface area contributed by atoms with E-state index in [1.54, 1.807) is 12.1 Å². The van der Waals surface area contributed by atoms with Crippen molar-refractivity contribution in [2.45, 2.75) is 20.1 Å². The van der Waals surface area contributed by atoms with Crippen molar-refractivity contribution >= 4 is 28.5 Å². The maximum absolute atomic E-state index is 13.5. The third-order valence-corrected chi connectivity index (χ3v) is 4.35. The third kappa shape index (κ3) is 6.72. The summed E-state index contributed by atoms with van der Waals surface area (Å²) in [5.41, 5.74) is 2.31. The molecule has 2 rings (SSSR count). The van der Waals surface area contributed by atoms with Crippen LogP contribution in [0.1, 0.15) is 28.4 Å². The van der Waals surface area contributed by atoms with E-state index in [0.717, 1.165) is 11.1 Å². The summed E-state index contributed by atoms with van der Waals surface area (Å²) in [7, 11) is 0. The number of halogens is 2. The molecule has 25 heavy (non-hydrogen) atoms. The summed E-state index contributed by atoms with van der Waals surface area (Å²) < 4.78 is 24.8. The van der Waals surface area contributed by atoms with Crippen molar-refractivity contribution < 1.29 is 18.7 Å². The number of carbonyl (C=O) groups is 1. The van der Waals surface area contributed by atoms with Gasteiger partial charge in [0.1, 0.15) is 5.82 Å². The van der Waals surface area contributed by atoms with E-state index in [2.05, 4.69) is 5.32 Å². The van der Waals surface area contributed by atoms with Gasteiger partial charge < -0.3 is 14.8 Å². The van der Waals surface area contributed by atoms with Crippen molar-refractivity contribution in [1.29, 1.82) is 0 Å². The van der Waals surface area contributed by atoms with E-state index >= 15 is 0 Å². The molecule has 0 aliphatic rings. The predicted octanol–water partition coefficient (Wildman–Crippen LogP) is 3.91. The standard InChI is InChI=1S/C19H21FINO3/c1-2-24-8-9-25-13-15-5-3-4-14(10-15)12-22-19(23)16-6-7-18(21)17(20)11-16/h3-7,10-11H,2,8-9,12-13H2,1H3,(H,22,23). The zero-order valence-electron chi connectivity index (χ0n) is 14.1. The molecule has 0 spiro atoms. The van der Waals surface area contributed by atoms with E-state index in [9.17, 15) is 9.18 Å². The molecule has 0 aromatic heterocycles. The lowest BCUT2D eigenvalue weighted by molar-refractivity contribution is 0.0453. The quantitative estimate of drug-likeness (QED) is 0.459. The lowest BCUT2D eigenvalue weighted by atomic mass is 10.1. The molecule has 6 heteroatoms. The van der Waals surface area contributed by atoms with Crippen molar-refractivity contribution in [1.82, 2.24) is 5.32 Å². The number of ether oxygens (including phenoxy) is 2. The van der Waals surface area contributed by atoms with Crippen LogP contribution in [0.3, 0.4) is 0 Å². The van der Waals surface area contributed by atoms with E-state index in [-0.39, 0.29) is 11.7 Å². The molecule has 0 saturated heterocycles. The van der Waals surface area contributed by atoms with Crippen molar-refractivity contribution in [3.63, 3.8) is 0 Å². The zero-order valence-corrected chi connectivity index (χ0v) is 16.2. The molecule has 0 unspecified atom stereocenters. The maximum atomic E-state index is 13.5. The zero-order chi connectivity index (χ0) is 18.1. The summed E-state index contributed by atoms with van der Waals surface area (Å²) in [5.74, 6) is -0.687. The summed E-state index contributed by atoms with van der Waals surface area (Å²) in [6, 6.07) is 12.3. The van der Waals surface area contributed by atoms with Gasteiger partial charge in [0.25, 0.3) is 5.91 Å². The SMILES string of the molecule is CCOCCOCc1cccc(CNC(=O)c2ccc(I)c(F)c2)c1. The fourth-order valence-corrected chi connectivity index (χ4v) is 2.54. The van der Waals surface area contributed by atoms with Crippen LogP contribution in [0.4, 0.5) is 4.39 Å². The number of hydrogen-bond acceptors (Lipinski definition) is 3. The first kappa shape index (κ1) is 19.8. The summed E-state index contributed by atoms with van der Waals surface area (Å²) >= 11 is 1.89. The average Bonchev–Trinajstić information content (AvgIpc) is 2.62. The van der Waals surface area contributed by atoms with Crippen molar-refractivity contribution in [2.24, 2.45) is 0 Å². The second-order valence-corrected chi connectivity index (χ2v) is 6.54. The Hall–Kier alpha value is -1.51. The first-order chi connectivity index (χ1) is 12.1. The lowest BCUT2D eigenvalue weighted by Crippen LogP contribution is -2.23. The van der Waals surface area contributed by atoms with E-state index in [1.807, 2.05) is 53.8 Å². The largest absolute Gasteiger partial charge is 0.379 e. The van der Waals surface area contributed by atoms with E-state index in [4.69, 9.17) is 9.47 Å². The molecule has 0 aliphatic heterocycles. The highest BCUT2D eigenvalue weighted by molar-refractivity contribution is 14.1. The van der Waals surface area contributed by atoms with Crippen LogP contribution in [-0.4, -0.2) is 25.7 Å². The number of benzene rings is 2. The molecule has 0 atom stereocenters. The van der Waals surface area contributed by atoms with Crippen molar-refractivity contribution in [2.75, 3.05) is 19.8 Å². The van der Waals surface area contributed by atoms with Crippen LogP contribution < -0.4 is 5.32 Å². The molecule has 4 nitrogen and oxygen atoms in total. The van der Waals surface area contributed by atoms with Gasteiger partial charge in [-0.3, -0.25) is 4.79 Å². The van der Waals surface area contributed by atoms with Crippen LogP contribution in [0, 0.1) is 9.39 Å². The van der Waals surface area contributed by atoms with E-state index in [1.165, 1.54) is 6.07 Å². The predicted molar refractivity (Wildman–Crippen MR) is 103 cm³/mol. The number of hydrogen-bond donors (Lipinski definition) is 1. The monoisotopic (exact) mass is 457 g/mol. The molecule has 0 bridgehead atoms. The third-order valence-electron chi connectivity index (χ3n) is 3.47. The molecule has 0 saturated carbocycles. The summed E-state index contributed by atoms with van der Waals surface area (Å²) in [6.07, 6.45) is 0. The molecule has 1 amide bonds. The fourth-order valence-electron chi connectivity index (χ4n) is 2.20. The van der Waals surface area contributed by atoms with Crippen LogP contribution in [0.5, 0.6) is 0 Å². The number of nitrogens with one attached hydrogen (secondary N) is 1. The number of rotatable bonds is 9. The van der Waals surface area contributed by atoms with E-state index < -0.39 is 0 Å². The second kappa shape index (κ2) is 10.5. The summed E-state index contributed by atoms with van der Waals surface area (Å²) in [4.78, 5) is 12.1. The highest BCUT2D eigenvalue weighted by Gasteiger charge is 2.08. The molecule has 0 heterocycles. The Morgan fingerprint density at radius 3 is 2.64 bits per heavy atom. The maximum Gasteiger partial charge on any atom is 0.251 e. The summed E-state index contributed by atoms with van der Waals surface area (Å²) in [5, 5.41) is 2.80. The van der Waals surface area contributed by atoms with Gasteiger partial charge >= 0.3 is 0 Å². The minimum Gasteiger partial charge on any atom is -0.379 e. The van der Waals surface area contributed by atoms with Gasteiger partial charge in [0.2, 0.25) is 0 Å². The van der Waals surface area contributed by atoms with Crippen LogP contribution in [-0.2, 0) is 22.6 Å². The van der Waals surface area contributed by atoms with Gasteiger partial charge in [-0.05, 0) is 58.8 Å². The van der Waals surface area contributed by atoms with Crippen molar-refractivity contribution in [3.8, 4) is 0 Å². The van der Waals surface area contributed by atoms with Gasteiger partial charge in [-0.25, -0.2) is 4.39 Å². The normalized spacial score (nSPS) is 10.7. The molecule has 0 fully saturated rings. The van der Waals surface area contributed by atoms with Crippen LogP contribution in [0.2, 0.25) is 0 Å². The molecular weight excluding hydrogens is 436 g/mol. The van der Waals surface area contributed by atoms with Crippen molar-refractivity contribution in [3.05, 3.63) is 68.5 Å². The molecule has 2 aromatic rings. The Labute approximate surface area is 160 Å². The van der Waals surface area contributed by atoms with Gasteiger partial charge in [0.15, 0.2) is 0 Å². The van der Waals surface area contributed by atoms with Crippen LogP contribution >= 0.6 is 22.6 Å². The minimum atomic E-state index is -0.389. The Balaban J connectivity index is 1.84. The first-order valence-electron chi connectivity index (χ1n) is 8.06. The highest BCUT2D eigenvalue weighted by atomic mass is 127. The van der Waals surface area contributed by atoms with E-state index in [0.29, 0.717) is 42.1 Å². The van der Waals surface area contributed by atoms with Gasteiger partial charge in [0.05, 0.1) is 19.8 Å².